The van der Waals surface area contributed by atoms with Gasteiger partial charge >= 0.3 is 23.9 Å². The fourth-order valence-corrected chi connectivity index (χ4v) is 9.42. The molecule has 33 nitrogen and oxygen atoms in total. The highest BCUT2D eigenvalue weighted by molar-refractivity contribution is 6.02. The number of fused-ring (bicyclic) bond motifs is 1. The Morgan fingerprint density at radius 3 is 1.82 bits per heavy atom. The number of nitrogens with two attached hydrogens (primary N) is 1. The first-order chi connectivity index (χ1) is 42.1. The van der Waals surface area contributed by atoms with Crippen molar-refractivity contribution in [3.05, 3.63) is 24.3 Å². The summed E-state index contributed by atoms with van der Waals surface area (Å²) in [5, 5.41) is 83.3. The molecule has 0 radical (unpaired) electrons. The van der Waals surface area contributed by atoms with E-state index in [-0.39, 0.29) is 38.8 Å². The Morgan fingerprint density at radius 2 is 1.27 bits per heavy atom. The molecule has 2 aliphatic heterocycles. The number of carboxylic acid groups (broad SMARTS) is 4. The third-order valence-electron chi connectivity index (χ3n) is 15.3. The average Bonchev–Trinajstić information content (AvgIpc) is 1.85. The van der Waals surface area contributed by atoms with Gasteiger partial charge in [-0.05, 0) is 83.6 Å². The quantitative estimate of drug-likeness (QED) is 0.0246. The summed E-state index contributed by atoms with van der Waals surface area (Å²) in [5.74, 6) is -26.6. The van der Waals surface area contributed by atoms with Crippen molar-refractivity contribution in [3.8, 4) is 0 Å². The first-order valence-corrected chi connectivity index (χ1v) is 29.6. The fraction of sp³-hybridized carbons (Fsp3) is 0.667. The van der Waals surface area contributed by atoms with Gasteiger partial charge in [-0.3, -0.25) is 67.1 Å². The van der Waals surface area contributed by atoms with E-state index in [0.717, 1.165) is 37.7 Å². The van der Waals surface area contributed by atoms with Crippen molar-refractivity contribution in [2.75, 3.05) is 26.2 Å². The maximum Gasteiger partial charge on any atom is 0.335 e. The zero-order valence-corrected chi connectivity index (χ0v) is 51.9. The molecule has 0 aromatic heterocycles. The zero-order chi connectivity index (χ0) is 68.4. The van der Waals surface area contributed by atoms with Crippen LogP contribution in [0, 0.1) is 35.5 Å². The lowest BCUT2D eigenvalue weighted by molar-refractivity contribution is -0.153. The molecule has 2 heterocycles. The van der Waals surface area contributed by atoms with Gasteiger partial charge < -0.3 is 94.4 Å². The smallest absolute Gasteiger partial charge is 0.335 e. The predicted octanol–water partition coefficient (Wildman–Crippen LogP) is -4.55. The van der Waals surface area contributed by atoms with Gasteiger partial charge in [0.1, 0.15) is 54.4 Å². The maximum atomic E-state index is 14.9. The molecule has 11 amide bonds. The number of aliphatic carboxylic acids is 4. The summed E-state index contributed by atoms with van der Waals surface area (Å²) in [4.78, 5) is 205. The van der Waals surface area contributed by atoms with E-state index in [9.17, 15) is 103 Å². The normalized spacial score (nSPS) is 25.9. The second-order valence-electron chi connectivity index (χ2n) is 23.2. The highest BCUT2D eigenvalue weighted by Gasteiger charge is 2.46. The summed E-state index contributed by atoms with van der Waals surface area (Å²) in [6, 6.07) is -19.1. The molecule has 0 aromatic carbocycles. The number of hydrogen-bond donors (Lipinski definition) is 17. The van der Waals surface area contributed by atoms with Gasteiger partial charge in [-0.15, -0.1) is 0 Å². The van der Waals surface area contributed by atoms with Crippen molar-refractivity contribution in [3.63, 3.8) is 0 Å². The van der Waals surface area contributed by atoms with Crippen molar-refractivity contribution in [2.24, 2.45) is 41.2 Å². The topological polar surface area (TPSA) is 527 Å². The van der Waals surface area contributed by atoms with Gasteiger partial charge in [0.25, 0.3) is 0 Å². The highest BCUT2D eigenvalue weighted by atomic mass is 16.4. The third kappa shape index (κ3) is 24.1. The summed E-state index contributed by atoms with van der Waals surface area (Å²) in [7, 11) is 0. The molecule has 0 aromatic rings. The van der Waals surface area contributed by atoms with Crippen molar-refractivity contribution >= 4 is 88.9 Å². The summed E-state index contributed by atoms with van der Waals surface area (Å²) in [6.07, 6.45) is 3.77. The number of carbonyl (C=O) groups excluding carboxylic acids is 11. The Morgan fingerprint density at radius 1 is 0.678 bits per heavy atom. The lowest BCUT2D eigenvalue weighted by Crippen LogP contribution is -2.65. The molecular weight excluding hydrogens is 1190 g/mol. The van der Waals surface area contributed by atoms with E-state index in [1.807, 2.05) is 22.9 Å². The van der Waals surface area contributed by atoms with Crippen molar-refractivity contribution in [2.45, 2.75) is 180 Å². The minimum atomic E-state index is -2.85. The van der Waals surface area contributed by atoms with E-state index in [1.54, 1.807) is 12.2 Å². The number of carboxylic acids is 4. The Labute approximate surface area is 520 Å². The van der Waals surface area contributed by atoms with Crippen LogP contribution >= 0.6 is 0 Å². The summed E-state index contributed by atoms with van der Waals surface area (Å²) >= 11 is 0. The Kier molecular flexibility index (Phi) is 32.2. The number of unbranched alkanes of at least 4 members (excludes halogenated alkanes) is 1. The van der Waals surface area contributed by atoms with Gasteiger partial charge in [0, 0.05) is 25.1 Å². The second kappa shape index (κ2) is 37.4. The van der Waals surface area contributed by atoms with Gasteiger partial charge in [0.15, 0.2) is 6.10 Å². The van der Waals surface area contributed by atoms with Gasteiger partial charge in [-0.2, -0.15) is 0 Å². The van der Waals surface area contributed by atoms with Crippen LogP contribution in [0.5, 0.6) is 0 Å². The van der Waals surface area contributed by atoms with Crippen LogP contribution in [0.2, 0.25) is 0 Å². The largest absolute Gasteiger partial charge is 0.481 e. The number of nitrogens with one attached hydrogen (secondary N) is 10. The molecule has 5 unspecified atom stereocenters. The molecule has 90 heavy (non-hydrogen) atoms. The molecule has 0 spiro atoms. The predicted molar refractivity (Wildman–Crippen MR) is 316 cm³/mol. The molecule has 0 saturated carbocycles. The monoisotopic (exact) mass is 1280 g/mol. The van der Waals surface area contributed by atoms with Crippen LogP contribution in [0.3, 0.4) is 0 Å². The van der Waals surface area contributed by atoms with Crippen LogP contribution < -0.4 is 58.9 Å². The molecule has 18 N–H and O–H groups in total. The van der Waals surface area contributed by atoms with Crippen molar-refractivity contribution in [1.82, 2.24) is 58.1 Å². The van der Waals surface area contributed by atoms with E-state index < -0.39 is 205 Å². The van der Waals surface area contributed by atoms with E-state index in [4.69, 9.17) is 5.73 Å². The van der Waals surface area contributed by atoms with Crippen LogP contribution in [0.4, 0.5) is 0 Å². The van der Waals surface area contributed by atoms with Gasteiger partial charge in [0.2, 0.25) is 65.0 Å². The van der Waals surface area contributed by atoms with E-state index >= 15 is 0 Å². The molecule has 2 saturated heterocycles. The molecule has 2 aliphatic rings. The molecular formula is C57H90N12O21. The first-order valence-electron chi connectivity index (χ1n) is 29.6. The Balaban J connectivity index is 2.99. The molecule has 33 heteroatoms. The summed E-state index contributed by atoms with van der Waals surface area (Å²) < 4.78 is 0. The van der Waals surface area contributed by atoms with Gasteiger partial charge in [-0.25, -0.2) is 4.79 Å². The van der Waals surface area contributed by atoms with Crippen LogP contribution in [0.25, 0.3) is 0 Å². The first kappa shape index (κ1) is 77.5. The van der Waals surface area contributed by atoms with Crippen LogP contribution in [-0.2, 0) is 71.9 Å². The number of allylic oxidation sites excluding steroid dienone is 3. The maximum absolute atomic E-state index is 14.9. The van der Waals surface area contributed by atoms with E-state index in [2.05, 4.69) is 44.1 Å². The number of carbonyl (C=O) groups is 15. The molecule has 2 rings (SSSR count). The van der Waals surface area contributed by atoms with Crippen molar-refractivity contribution < 1.29 is 103 Å². The number of hydrogen-bond acceptors (Lipinski definition) is 18. The second-order valence-corrected chi connectivity index (χ2v) is 23.2. The molecule has 15 atom stereocenters. The summed E-state index contributed by atoms with van der Waals surface area (Å²) in [6.45, 7) is 11.1. The van der Waals surface area contributed by atoms with Gasteiger partial charge in [0.05, 0.1) is 30.8 Å². The average molecular weight is 1280 g/mol. The number of amides is 11. The Bertz CT molecular complexity index is 2670. The van der Waals surface area contributed by atoms with Gasteiger partial charge in [-0.1, -0.05) is 66.2 Å². The Hall–Kier alpha value is -8.59. The standard InChI is InChI=1S/C57H90N12O21/c1-10-28(6)17-13-11-12-14-19-36(71)63-41(29(7)55(85)86)51(81)67-43-31(9)60-48(78)35-21-32(25-70)24-69(35)54(84)40(27(4)5)66-50(80)42(30(8)56(87)88)64-37(72)23-59-46(76)34(22-38(73)74)62-53(83)44(45(75)57(89)90)68-47(77)33(18-15-16-20-58)61-49(79)39(26(2)3)65-52(43)82/h11-12,14,19,26-35,39-45,70,75H,10,13,15-18,20-25,58H2,1-9H3,(H,59,76)(H,60,78)(H,61,79)(H,62,83)(H,63,71)(H,64,72)(H,65,82)(H,66,80)(H,67,81)(H,68,77)(H,73,74)(H,85,86)(H,87,88)(H,89,90)/b12-11-,19-14+/t28?,29?,30?,31?,32-,33+,34+,35+,39-,40+,41+,42-,43+,44+,45?/m1/s1. The van der Waals surface area contributed by atoms with Crippen LogP contribution in [0.15, 0.2) is 24.3 Å². The number of nitrogens with zero attached hydrogens (tertiary/aromatic N) is 1. The van der Waals surface area contributed by atoms with E-state index in [0.29, 0.717) is 12.3 Å². The molecule has 504 valence electrons. The van der Waals surface area contributed by atoms with Crippen LogP contribution in [0.1, 0.15) is 114 Å². The third-order valence-corrected chi connectivity index (χ3v) is 15.3. The molecule has 0 aliphatic carbocycles. The lowest BCUT2D eigenvalue weighted by atomic mass is 9.97. The summed E-state index contributed by atoms with van der Waals surface area (Å²) in [5.41, 5.74) is 5.69. The number of rotatable bonds is 24. The SMILES string of the molecule is CCC(C)CC/C=C\C=C\C(=O)N[C@H](C(=O)N[C@@H]1C(=O)N[C@H](C(C)C)C(=O)N[C@@H](CCCCN)C(=O)N[C@@H](C(O)C(=O)O)C(=O)N[C@@H](CC(=O)O)C(=O)NCC(=O)N[C@H](C(C)C(=O)O)C(=O)N[C@@H](C(C)C)C(=O)N2C[C@H](CO)C[C@H]2C(=O)NC1C)C(C)C(=O)O. The fourth-order valence-electron chi connectivity index (χ4n) is 9.42. The molecule has 0 bridgehead atoms. The number of aliphatic hydroxyl groups is 2. The lowest BCUT2D eigenvalue weighted by Gasteiger charge is -2.34. The molecule has 2 fully saturated rings. The zero-order valence-electron chi connectivity index (χ0n) is 51.9. The number of aliphatic hydroxyl groups excluding tert-OH is 2. The van der Waals surface area contributed by atoms with E-state index in [1.165, 1.54) is 40.7 Å². The minimum Gasteiger partial charge on any atom is -0.481 e. The van der Waals surface area contributed by atoms with Crippen LogP contribution in [-0.4, -0.2) is 217 Å². The van der Waals surface area contributed by atoms with Crippen molar-refractivity contribution in [1.29, 1.82) is 0 Å². The highest BCUT2D eigenvalue weighted by Crippen LogP contribution is 2.26. The minimum absolute atomic E-state index is 0.0433.